The second-order valence-electron chi connectivity index (χ2n) is 6.83. The molecule has 0 saturated carbocycles. The molecule has 0 spiro atoms. The third-order valence-corrected chi connectivity index (χ3v) is 4.30. The number of amides is 2. The molecule has 0 heterocycles. The lowest BCUT2D eigenvalue weighted by atomic mass is 10.1. The number of benzene rings is 2. The Morgan fingerprint density at radius 2 is 1.44 bits per heavy atom. The number of hydrogen-bond donors (Lipinski definition) is 4. The van der Waals surface area contributed by atoms with Crippen LogP contribution in [-0.4, -0.2) is 52.2 Å². The van der Waals surface area contributed by atoms with Crippen molar-refractivity contribution < 1.29 is 38.9 Å². The Hall–Kier alpha value is -3.76. The van der Waals surface area contributed by atoms with E-state index in [9.17, 15) is 24.3 Å². The van der Waals surface area contributed by atoms with Gasteiger partial charge in [-0.2, -0.15) is 0 Å². The Bertz CT molecular complexity index is 920. The van der Waals surface area contributed by atoms with E-state index in [0.29, 0.717) is 11.1 Å². The Morgan fingerprint density at radius 3 is 1.94 bits per heavy atom. The van der Waals surface area contributed by atoms with E-state index >= 15 is 0 Å². The number of carboxylic acids is 1. The fraction of sp³-hybridized carbons (Fsp3) is 0.273. The molecule has 0 aromatic heterocycles. The van der Waals surface area contributed by atoms with Gasteiger partial charge < -0.3 is 30.7 Å². The maximum absolute atomic E-state index is 12.7. The minimum atomic E-state index is -2.21. The molecule has 10 heteroatoms. The first-order valence-electron chi connectivity index (χ1n) is 9.63. The van der Waals surface area contributed by atoms with Crippen LogP contribution in [0.1, 0.15) is 17.5 Å². The first-order chi connectivity index (χ1) is 15.3. The zero-order valence-electron chi connectivity index (χ0n) is 17.0. The summed E-state index contributed by atoms with van der Waals surface area (Å²) in [6.07, 6.45) is -4.66. The highest BCUT2D eigenvalue weighted by Gasteiger charge is 2.36. The highest BCUT2D eigenvalue weighted by Crippen LogP contribution is 2.10. The van der Waals surface area contributed by atoms with Crippen LogP contribution in [0.2, 0.25) is 0 Å². The minimum absolute atomic E-state index is 0.115. The van der Waals surface area contributed by atoms with E-state index in [1.54, 1.807) is 60.7 Å². The quantitative estimate of drug-likeness (QED) is 0.335. The standard InChI is InChI=1S/C22H24N2O8/c23-17(25)11-16(22(30)32-13-15-9-5-2-6-10-15)24-20(27)19(18(26)21(28)29)31-12-14-7-3-1-4-8-14/h1-10,16,18-19,26H,11-13H2,(H2,23,25)(H,24,27)(H,28,29)/t16-,18-,19-/m0/s1. The molecule has 2 aromatic carbocycles. The summed E-state index contributed by atoms with van der Waals surface area (Å²) in [5, 5.41) is 21.2. The van der Waals surface area contributed by atoms with Crippen LogP contribution >= 0.6 is 0 Å². The Labute approximate surface area is 183 Å². The summed E-state index contributed by atoms with van der Waals surface area (Å²) in [7, 11) is 0. The summed E-state index contributed by atoms with van der Waals surface area (Å²) in [5.74, 6) is -4.66. The van der Waals surface area contributed by atoms with Gasteiger partial charge in [0.15, 0.2) is 12.2 Å². The highest BCUT2D eigenvalue weighted by atomic mass is 16.5. The van der Waals surface area contributed by atoms with Crippen molar-refractivity contribution in [2.24, 2.45) is 5.73 Å². The SMILES string of the molecule is NC(=O)C[C@H](NC(=O)[C@@H](OCc1ccccc1)[C@H](O)C(=O)O)C(=O)OCc1ccccc1. The van der Waals surface area contributed by atoms with Crippen molar-refractivity contribution in [3.05, 3.63) is 71.8 Å². The number of carbonyl (C=O) groups is 4. The van der Waals surface area contributed by atoms with Gasteiger partial charge in [0.1, 0.15) is 12.6 Å². The van der Waals surface area contributed by atoms with E-state index in [4.69, 9.17) is 20.3 Å². The second-order valence-corrected chi connectivity index (χ2v) is 6.83. The number of rotatable bonds is 12. The largest absolute Gasteiger partial charge is 0.479 e. The second kappa shape index (κ2) is 12.2. The molecular formula is C22H24N2O8. The molecule has 32 heavy (non-hydrogen) atoms. The number of aliphatic carboxylic acids is 1. The first kappa shape index (κ1) is 24.5. The smallest absolute Gasteiger partial charge is 0.335 e. The van der Waals surface area contributed by atoms with Crippen molar-refractivity contribution in [2.45, 2.75) is 37.9 Å². The molecule has 0 saturated heterocycles. The molecule has 5 N–H and O–H groups in total. The Kier molecular flexibility index (Phi) is 9.33. The number of primary amides is 1. The van der Waals surface area contributed by atoms with Crippen LogP contribution in [0.3, 0.4) is 0 Å². The van der Waals surface area contributed by atoms with E-state index in [0.717, 1.165) is 0 Å². The van der Waals surface area contributed by atoms with Crippen molar-refractivity contribution in [2.75, 3.05) is 0 Å². The van der Waals surface area contributed by atoms with E-state index in [1.807, 2.05) is 0 Å². The number of carbonyl (C=O) groups excluding carboxylic acids is 3. The number of aliphatic hydroxyl groups is 1. The topological polar surface area (TPSA) is 165 Å². The lowest BCUT2D eigenvalue weighted by Gasteiger charge is -2.23. The van der Waals surface area contributed by atoms with Crippen LogP contribution in [-0.2, 0) is 41.9 Å². The van der Waals surface area contributed by atoms with E-state index in [1.165, 1.54) is 0 Å². The van der Waals surface area contributed by atoms with Gasteiger partial charge in [-0.25, -0.2) is 9.59 Å². The molecule has 10 nitrogen and oxygen atoms in total. The lowest BCUT2D eigenvalue weighted by Crippen LogP contribution is -2.53. The Balaban J connectivity index is 2.08. The van der Waals surface area contributed by atoms with E-state index in [-0.39, 0.29) is 13.2 Å². The predicted octanol–water partition coefficient (Wildman–Crippen LogP) is 0.121. The summed E-state index contributed by atoms with van der Waals surface area (Å²) in [5.41, 5.74) is 6.46. The predicted molar refractivity (Wildman–Crippen MR) is 111 cm³/mol. The molecule has 0 radical (unpaired) electrons. The fourth-order valence-corrected chi connectivity index (χ4v) is 2.68. The maximum atomic E-state index is 12.7. The van der Waals surface area contributed by atoms with Gasteiger partial charge in [-0.05, 0) is 11.1 Å². The van der Waals surface area contributed by atoms with Crippen LogP contribution in [0.15, 0.2) is 60.7 Å². The van der Waals surface area contributed by atoms with Gasteiger partial charge in [0.2, 0.25) is 5.91 Å². The van der Waals surface area contributed by atoms with Crippen molar-refractivity contribution in [3.8, 4) is 0 Å². The van der Waals surface area contributed by atoms with Crippen molar-refractivity contribution in [1.29, 1.82) is 0 Å². The molecule has 0 aliphatic carbocycles. The van der Waals surface area contributed by atoms with Gasteiger partial charge in [0, 0.05) is 0 Å². The van der Waals surface area contributed by atoms with Crippen LogP contribution in [0.25, 0.3) is 0 Å². The Morgan fingerprint density at radius 1 is 0.906 bits per heavy atom. The van der Waals surface area contributed by atoms with E-state index < -0.39 is 48.4 Å². The molecule has 0 bridgehead atoms. The number of nitrogens with two attached hydrogens (primary N) is 1. The van der Waals surface area contributed by atoms with E-state index in [2.05, 4.69) is 5.32 Å². The highest BCUT2D eigenvalue weighted by molar-refractivity contribution is 5.93. The molecule has 2 amide bonds. The zero-order valence-corrected chi connectivity index (χ0v) is 17.0. The molecule has 170 valence electrons. The van der Waals surface area contributed by atoms with Gasteiger partial charge in [0.25, 0.3) is 5.91 Å². The molecule has 0 aliphatic rings. The molecule has 2 rings (SSSR count). The van der Waals surface area contributed by atoms with Crippen molar-refractivity contribution >= 4 is 23.8 Å². The fourth-order valence-electron chi connectivity index (χ4n) is 2.68. The number of esters is 1. The monoisotopic (exact) mass is 444 g/mol. The summed E-state index contributed by atoms with van der Waals surface area (Å²) < 4.78 is 10.4. The number of carboxylic acid groups (broad SMARTS) is 1. The zero-order chi connectivity index (χ0) is 23.5. The molecule has 0 unspecified atom stereocenters. The summed E-state index contributed by atoms with van der Waals surface area (Å²) >= 11 is 0. The average molecular weight is 444 g/mol. The van der Waals surface area contributed by atoms with Crippen LogP contribution in [0.5, 0.6) is 0 Å². The van der Waals surface area contributed by atoms with Crippen molar-refractivity contribution in [1.82, 2.24) is 5.32 Å². The minimum Gasteiger partial charge on any atom is -0.479 e. The number of ether oxygens (including phenoxy) is 2. The lowest BCUT2D eigenvalue weighted by molar-refractivity contribution is -0.164. The summed E-state index contributed by atoms with van der Waals surface area (Å²) in [6, 6.07) is 15.8. The van der Waals surface area contributed by atoms with Crippen LogP contribution in [0, 0.1) is 0 Å². The van der Waals surface area contributed by atoms with Gasteiger partial charge in [-0.3, -0.25) is 9.59 Å². The number of hydrogen-bond acceptors (Lipinski definition) is 7. The van der Waals surface area contributed by atoms with Crippen molar-refractivity contribution in [3.63, 3.8) is 0 Å². The molecular weight excluding hydrogens is 420 g/mol. The average Bonchev–Trinajstić information content (AvgIpc) is 2.78. The number of nitrogens with one attached hydrogen (secondary N) is 1. The normalized spacial score (nSPS) is 13.4. The molecule has 0 fully saturated rings. The van der Waals surface area contributed by atoms with Gasteiger partial charge in [0.05, 0.1) is 13.0 Å². The van der Waals surface area contributed by atoms with Gasteiger partial charge in [-0.1, -0.05) is 60.7 Å². The number of aliphatic hydroxyl groups excluding tert-OH is 1. The summed E-state index contributed by atoms with van der Waals surface area (Å²) in [4.78, 5) is 47.7. The third-order valence-electron chi connectivity index (χ3n) is 4.30. The molecule has 3 atom stereocenters. The summed E-state index contributed by atoms with van der Waals surface area (Å²) in [6.45, 7) is -0.293. The van der Waals surface area contributed by atoms with Gasteiger partial charge in [-0.15, -0.1) is 0 Å². The molecule has 2 aromatic rings. The maximum Gasteiger partial charge on any atom is 0.335 e. The van der Waals surface area contributed by atoms with Gasteiger partial charge >= 0.3 is 11.9 Å². The van der Waals surface area contributed by atoms with Crippen LogP contribution in [0.4, 0.5) is 0 Å². The van der Waals surface area contributed by atoms with Crippen LogP contribution < -0.4 is 11.1 Å². The third kappa shape index (κ3) is 7.82. The first-order valence-corrected chi connectivity index (χ1v) is 9.63. The molecule has 0 aliphatic heterocycles.